The van der Waals surface area contributed by atoms with Crippen LogP contribution in [-0.2, 0) is 16.1 Å². The fourth-order valence-electron chi connectivity index (χ4n) is 3.72. The van der Waals surface area contributed by atoms with Gasteiger partial charge in [-0.2, -0.15) is 0 Å². The highest BCUT2D eigenvalue weighted by molar-refractivity contribution is 7.99. The molecule has 33 heavy (non-hydrogen) atoms. The first-order valence-electron chi connectivity index (χ1n) is 10.5. The van der Waals surface area contributed by atoms with Gasteiger partial charge in [0.1, 0.15) is 10.6 Å². The third-order valence-electron chi connectivity index (χ3n) is 5.32. The fourth-order valence-corrected chi connectivity index (χ4v) is 5.52. The maximum absolute atomic E-state index is 13.8. The number of pyridine rings is 1. The zero-order valence-corrected chi connectivity index (χ0v) is 19.2. The number of hydrogen-bond donors (Lipinski definition) is 2. The molecule has 11 heteroatoms. The second-order valence-corrected chi connectivity index (χ2v) is 9.51. The number of para-hydroxylation sites is 1. The number of thiophene rings is 1. The Hall–Kier alpha value is -3.02. The van der Waals surface area contributed by atoms with E-state index in [1.807, 2.05) is 16.7 Å². The van der Waals surface area contributed by atoms with Gasteiger partial charge in [0.15, 0.2) is 11.0 Å². The maximum atomic E-state index is 13.8. The zero-order chi connectivity index (χ0) is 22.8. The van der Waals surface area contributed by atoms with Crippen LogP contribution in [0.5, 0.6) is 0 Å². The third-order valence-corrected chi connectivity index (χ3v) is 7.41. The van der Waals surface area contributed by atoms with Crippen LogP contribution < -0.4 is 11.1 Å². The molecule has 1 aromatic carbocycles. The van der Waals surface area contributed by atoms with E-state index in [-0.39, 0.29) is 23.5 Å². The molecule has 170 valence electrons. The van der Waals surface area contributed by atoms with Crippen LogP contribution in [0.2, 0.25) is 0 Å². The molecule has 4 heterocycles. The molecule has 8 nitrogen and oxygen atoms in total. The summed E-state index contributed by atoms with van der Waals surface area (Å²) in [5, 5.41) is 12.8. The van der Waals surface area contributed by atoms with Gasteiger partial charge in [0.05, 0.1) is 34.7 Å². The molecular formula is C22H21FN6O2S2. The predicted octanol–water partition coefficient (Wildman–Crippen LogP) is 4.19. The number of nitrogen functional groups attached to an aromatic ring is 1. The topological polar surface area (TPSA) is 108 Å². The summed E-state index contributed by atoms with van der Waals surface area (Å²) in [4.78, 5) is 18.5. The predicted molar refractivity (Wildman–Crippen MR) is 128 cm³/mol. The fraction of sp³-hybridized carbons (Fsp3) is 0.273. The van der Waals surface area contributed by atoms with Crippen LogP contribution in [0.1, 0.15) is 12.8 Å². The molecule has 1 amide bonds. The molecule has 1 aliphatic heterocycles. The highest BCUT2D eigenvalue weighted by Crippen LogP contribution is 2.40. The van der Waals surface area contributed by atoms with Crippen LogP contribution in [0, 0.1) is 5.82 Å². The molecule has 1 atom stereocenters. The second-order valence-electron chi connectivity index (χ2n) is 7.57. The number of thioether (sulfide) groups is 1. The van der Waals surface area contributed by atoms with Crippen molar-refractivity contribution in [3.05, 3.63) is 48.4 Å². The molecule has 0 radical (unpaired) electrons. The van der Waals surface area contributed by atoms with Crippen LogP contribution in [-0.4, -0.2) is 44.1 Å². The summed E-state index contributed by atoms with van der Waals surface area (Å²) in [6.45, 7) is 1.28. The molecule has 3 aromatic heterocycles. The van der Waals surface area contributed by atoms with E-state index in [1.54, 1.807) is 18.3 Å². The quantitative estimate of drug-likeness (QED) is 0.379. The Morgan fingerprint density at radius 2 is 2.18 bits per heavy atom. The summed E-state index contributed by atoms with van der Waals surface area (Å²) < 4.78 is 21.6. The molecule has 3 N–H and O–H groups in total. The standard InChI is InChI=1S/C22H21FN6O2S2/c23-15-7-1-2-8-16(15)26-17(30)12-32-22-28-27-20(29(22)11-13-5-4-10-31-13)19-18(24)14-6-3-9-25-21(14)33-19/h1-3,6-9,13H,4-5,10-12,24H2,(H,26,30)/t13-/m1/s1. The summed E-state index contributed by atoms with van der Waals surface area (Å²) in [5.74, 6) is -0.123. The minimum absolute atomic E-state index is 0.0417. The molecule has 0 aliphatic carbocycles. The van der Waals surface area contributed by atoms with E-state index in [9.17, 15) is 9.18 Å². The van der Waals surface area contributed by atoms with Crippen molar-refractivity contribution in [2.45, 2.75) is 30.6 Å². The van der Waals surface area contributed by atoms with Gasteiger partial charge < -0.3 is 15.8 Å². The molecule has 1 fully saturated rings. The molecule has 4 aromatic rings. The third kappa shape index (κ3) is 4.56. The Balaban J connectivity index is 1.41. The average Bonchev–Trinajstić information content (AvgIpc) is 3.55. The number of rotatable bonds is 7. The lowest BCUT2D eigenvalue weighted by Crippen LogP contribution is -2.18. The number of fused-ring (bicyclic) bond motifs is 1. The van der Waals surface area contributed by atoms with Gasteiger partial charge in [-0.25, -0.2) is 9.37 Å². The van der Waals surface area contributed by atoms with Crippen molar-refractivity contribution < 1.29 is 13.9 Å². The summed E-state index contributed by atoms with van der Waals surface area (Å²) in [6.07, 6.45) is 3.72. The Labute approximate surface area is 197 Å². The van der Waals surface area contributed by atoms with Gasteiger partial charge >= 0.3 is 0 Å². The Bertz CT molecular complexity index is 1300. The van der Waals surface area contributed by atoms with Gasteiger partial charge in [0.2, 0.25) is 5.91 Å². The van der Waals surface area contributed by atoms with E-state index in [4.69, 9.17) is 10.5 Å². The highest BCUT2D eigenvalue weighted by atomic mass is 32.2. The monoisotopic (exact) mass is 484 g/mol. The van der Waals surface area contributed by atoms with Crippen LogP contribution in [0.15, 0.2) is 47.8 Å². The van der Waals surface area contributed by atoms with Crippen LogP contribution in [0.25, 0.3) is 20.9 Å². The van der Waals surface area contributed by atoms with Crippen LogP contribution >= 0.6 is 23.1 Å². The van der Waals surface area contributed by atoms with Crippen molar-refractivity contribution in [1.29, 1.82) is 0 Å². The van der Waals surface area contributed by atoms with Crippen molar-refractivity contribution in [1.82, 2.24) is 19.7 Å². The van der Waals surface area contributed by atoms with Gasteiger partial charge in [0, 0.05) is 18.2 Å². The van der Waals surface area contributed by atoms with Crippen molar-refractivity contribution in [3.8, 4) is 10.7 Å². The Morgan fingerprint density at radius 3 is 2.97 bits per heavy atom. The molecular weight excluding hydrogens is 463 g/mol. The smallest absolute Gasteiger partial charge is 0.234 e. The number of carbonyl (C=O) groups is 1. The number of hydrogen-bond acceptors (Lipinski definition) is 8. The number of aromatic nitrogens is 4. The van der Waals surface area contributed by atoms with Gasteiger partial charge in [0.25, 0.3) is 0 Å². The van der Waals surface area contributed by atoms with Crippen molar-refractivity contribution in [2.24, 2.45) is 0 Å². The number of benzene rings is 1. The number of amides is 1. The Kier molecular flexibility index (Phi) is 6.25. The molecule has 0 bridgehead atoms. The molecule has 0 unspecified atom stereocenters. The normalized spacial score (nSPS) is 15.8. The first-order chi connectivity index (χ1) is 16.1. The SMILES string of the molecule is Nc1c(-c2nnc(SCC(=O)Nc3ccccc3F)n2C[C@H]2CCCO2)sc2ncccc12. The minimum Gasteiger partial charge on any atom is -0.397 e. The number of ether oxygens (including phenoxy) is 1. The summed E-state index contributed by atoms with van der Waals surface area (Å²) in [5.41, 5.74) is 7.19. The lowest BCUT2D eigenvalue weighted by molar-refractivity contribution is -0.113. The summed E-state index contributed by atoms with van der Waals surface area (Å²) in [6, 6.07) is 9.85. The number of nitrogens with one attached hydrogen (secondary N) is 1. The van der Waals surface area contributed by atoms with Gasteiger partial charge in [-0.15, -0.1) is 21.5 Å². The Morgan fingerprint density at radius 1 is 1.30 bits per heavy atom. The van der Waals surface area contributed by atoms with Crippen molar-refractivity contribution >= 4 is 50.6 Å². The minimum atomic E-state index is -0.478. The number of carbonyl (C=O) groups excluding carboxylic acids is 1. The van der Waals surface area contributed by atoms with Crippen LogP contribution in [0.3, 0.4) is 0 Å². The second kappa shape index (κ2) is 9.46. The highest BCUT2D eigenvalue weighted by Gasteiger charge is 2.25. The number of halogens is 1. The molecule has 1 aliphatic rings. The van der Waals surface area contributed by atoms with Crippen molar-refractivity contribution in [2.75, 3.05) is 23.4 Å². The number of nitrogens with two attached hydrogens (primary N) is 1. The number of nitrogens with zero attached hydrogens (tertiary/aromatic N) is 4. The molecule has 0 saturated carbocycles. The van der Waals surface area contributed by atoms with Gasteiger partial charge in [-0.3, -0.25) is 9.36 Å². The first-order valence-corrected chi connectivity index (χ1v) is 12.3. The zero-order valence-electron chi connectivity index (χ0n) is 17.5. The summed E-state index contributed by atoms with van der Waals surface area (Å²) >= 11 is 2.70. The lowest BCUT2D eigenvalue weighted by Gasteiger charge is -2.14. The number of anilines is 2. The van der Waals surface area contributed by atoms with E-state index in [0.717, 1.165) is 34.5 Å². The van der Waals surface area contributed by atoms with E-state index in [0.29, 0.717) is 23.2 Å². The van der Waals surface area contributed by atoms with Crippen molar-refractivity contribution in [3.63, 3.8) is 0 Å². The summed E-state index contributed by atoms with van der Waals surface area (Å²) in [7, 11) is 0. The van der Waals surface area contributed by atoms with Gasteiger partial charge in [-0.05, 0) is 37.1 Å². The maximum Gasteiger partial charge on any atom is 0.234 e. The first kappa shape index (κ1) is 21.8. The largest absolute Gasteiger partial charge is 0.397 e. The van der Waals surface area contributed by atoms with Crippen LogP contribution in [0.4, 0.5) is 15.8 Å². The molecule has 0 spiro atoms. The lowest BCUT2D eigenvalue weighted by atomic mass is 10.2. The average molecular weight is 485 g/mol. The molecule has 5 rings (SSSR count). The van der Waals surface area contributed by atoms with E-state index in [1.165, 1.54) is 35.2 Å². The van der Waals surface area contributed by atoms with Gasteiger partial charge in [-0.1, -0.05) is 23.9 Å². The van der Waals surface area contributed by atoms with E-state index < -0.39 is 5.82 Å². The molecule has 1 saturated heterocycles. The van der Waals surface area contributed by atoms with E-state index in [2.05, 4.69) is 20.5 Å². The van der Waals surface area contributed by atoms with E-state index >= 15 is 0 Å².